The van der Waals surface area contributed by atoms with Gasteiger partial charge in [0.1, 0.15) is 5.75 Å². The number of hydrogen-bond acceptors (Lipinski definition) is 5. The molecule has 31 heavy (non-hydrogen) atoms. The van der Waals surface area contributed by atoms with Gasteiger partial charge in [0.05, 0.1) is 14.2 Å². The standard InChI is InChI=1S/C25H23NO5/c1-29-21-10-6-7-19(16-21)22(27)13-11-18-12-14-23(24(15-18)30-2)31-17-25(28)26-20-8-4-3-5-9-20/h3-16H,17H2,1-2H3,(H,26,28)/b13-11+. The van der Waals surface area contributed by atoms with Gasteiger partial charge in [-0.3, -0.25) is 9.59 Å². The summed E-state index contributed by atoms with van der Waals surface area (Å²) >= 11 is 0. The average molecular weight is 417 g/mol. The van der Waals surface area contributed by atoms with Crippen LogP contribution in [0.3, 0.4) is 0 Å². The number of allylic oxidation sites excluding steroid dienone is 1. The number of benzene rings is 3. The van der Waals surface area contributed by atoms with Crippen LogP contribution in [0.15, 0.2) is 78.9 Å². The first-order valence-corrected chi connectivity index (χ1v) is 9.61. The fourth-order valence-corrected chi connectivity index (χ4v) is 2.81. The molecule has 6 nitrogen and oxygen atoms in total. The predicted molar refractivity (Wildman–Crippen MR) is 120 cm³/mol. The molecule has 6 heteroatoms. The molecule has 0 aliphatic rings. The number of amides is 1. The molecule has 0 heterocycles. The lowest BCUT2D eigenvalue weighted by Gasteiger charge is -2.11. The van der Waals surface area contributed by atoms with Gasteiger partial charge in [-0.1, -0.05) is 42.5 Å². The van der Waals surface area contributed by atoms with Crippen LogP contribution >= 0.6 is 0 Å². The maximum absolute atomic E-state index is 12.4. The number of rotatable bonds is 9. The van der Waals surface area contributed by atoms with Crippen LogP contribution in [-0.4, -0.2) is 32.5 Å². The topological polar surface area (TPSA) is 73.9 Å². The van der Waals surface area contributed by atoms with E-state index in [1.165, 1.54) is 13.2 Å². The van der Waals surface area contributed by atoms with Crippen molar-refractivity contribution in [2.45, 2.75) is 0 Å². The molecule has 158 valence electrons. The van der Waals surface area contributed by atoms with E-state index in [1.807, 2.05) is 18.2 Å². The molecule has 0 saturated heterocycles. The van der Waals surface area contributed by atoms with Gasteiger partial charge in [-0.05, 0) is 48.0 Å². The largest absolute Gasteiger partial charge is 0.497 e. The number of ether oxygens (including phenoxy) is 3. The van der Waals surface area contributed by atoms with Crippen LogP contribution in [0.4, 0.5) is 5.69 Å². The Balaban J connectivity index is 1.63. The number of nitrogens with one attached hydrogen (secondary N) is 1. The van der Waals surface area contributed by atoms with E-state index in [4.69, 9.17) is 14.2 Å². The van der Waals surface area contributed by atoms with E-state index in [1.54, 1.807) is 67.8 Å². The van der Waals surface area contributed by atoms with Crippen LogP contribution in [0.2, 0.25) is 0 Å². The molecule has 0 atom stereocenters. The normalized spacial score (nSPS) is 10.5. The van der Waals surface area contributed by atoms with Crippen LogP contribution < -0.4 is 19.5 Å². The van der Waals surface area contributed by atoms with E-state index >= 15 is 0 Å². The van der Waals surface area contributed by atoms with Gasteiger partial charge < -0.3 is 19.5 Å². The second-order valence-corrected chi connectivity index (χ2v) is 6.54. The lowest BCUT2D eigenvalue weighted by atomic mass is 10.1. The molecular formula is C25H23NO5. The minimum Gasteiger partial charge on any atom is -0.497 e. The van der Waals surface area contributed by atoms with Crippen molar-refractivity contribution in [3.63, 3.8) is 0 Å². The van der Waals surface area contributed by atoms with Gasteiger partial charge in [-0.25, -0.2) is 0 Å². The van der Waals surface area contributed by atoms with Gasteiger partial charge in [0.15, 0.2) is 23.9 Å². The first kappa shape index (κ1) is 21.6. The second-order valence-electron chi connectivity index (χ2n) is 6.54. The third-order valence-electron chi connectivity index (χ3n) is 4.39. The van der Waals surface area contributed by atoms with E-state index in [0.717, 1.165) is 5.56 Å². The molecule has 0 bridgehead atoms. The molecule has 0 aliphatic heterocycles. The zero-order valence-corrected chi connectivity index (χ0v) is 17.3. The quantitative estimate of drug-likeness (QED) is 0.406. The van der Waals surface area contributed by atoms with Crippen LogP contribution in [0.5, 0.6) is 17.2 Å². The number of para-hydroxylation sites is 1. The number of hydrogen-bond donors (Lipinski definition) is 1. The van der Waals surface area contributed by atoms with Gasteiger partial charge >= 0.3 is 0 Å². The molecule has 3 aromatic carbocycles. The maximum Gasteiger partial charge on any atom is 0.262 e. The molecule has 0 aromatic heterocycles. The minimum absolute atomic E-state index is 0.143. The zero-order valence-electron chi connectivity index (χ0n) is 17.3. The SMILES string of the molecule is COc1cccc(C(=O)/C=C/c2ccc(OCC(=O)Nc3ccccc3)c(OC)c2)c1. The summed E-state index contributed by atoms with van der Waals surface area (Å²) in [4.78, 5) is 24.5. The maximum atomic E-state index is 12.4. The molecule has 1 amide bonds. The first-order valence-electron chi connectivity index (χ1n) is 9.61. The highest BCUT2D eigenvalue weighted by Crippen LogP contribution is 2.28. The smallest absolute Gasteiger partial charge is 0.262 e. The highest BCUT2D eigenvalue weighted by molar-refractivity contribution is 6.07. The van der Waals surface area contributed by atoms with E-state index in [-0.39, 0.29) is 18.3 Å². The number of ketones is 1. The van der Waals surface area contributed by atoms with Crippen molar-refractivity contribution in [3.05, 3.63) is 90.0 Å². The summed E-state index contributed by atoms with van der Waals surface area (Å²) in [7, 11) is 3.07. The van der Waals surface area contributed by atoms with Crippen molar-refractivity contribution in [2.24, 2.45) is 0 Å². The van der Waals surface area contributed by atoms with Gasteiger partial charge in [-0.2, -0.15) is 0 Å². The lowest BCUT2D eigenvalue weighted by Crippen LogP contribution is -2.20. The molecule has 0 fully saturated rings. The van der Waals surface area contributed by atoms with Crippen LogP contribution in [0, 0.1) is 0 Å². The van der Waals surface area contributed by atoms with Crippen molar-refractivity contribution in [3.8, 4) is 17.2 Å². The second kappa shape index (κ2) is 10.6. The van der Waals surface area contributed by atoms with Crippen LogP contribution in [0.1, 0.15) is 15.9 Å². The highest BCUT2D eigenvalue weighted by Gasteiger charge is 2.09. The average Bonchev–Trinajstić information content (AvgIpc) is 2.82. The summed E-state index contributed by atoms with van der Waals surface area (Å²) in [5.74, 6) is 1.10. The Morgan fingerprint density at radius 2 is 1.68 bits per heavy atom. The number of carbonyl (C=O) groups excluding carboxylic acids is 2. The van der Waals surface area contributed by atoms with Gasteiger partial charge in [0.25, 0.3) is 5.91 Å². The Morgan fingerprint density at radius 1 is 0.871 bits per heavy atom. The van der Waals surface area contributed by atoms with Crippen molar-refractivity contribution in [1.29, 1.82) is 0 Å². The molecule has 0 saturated carbocycles. The van der Waals surface area contributed by atoms with E-state index in [9.17, 15) is 9.59 Å². The van der Waals surface area contributed by atoms with E-state index < -0.39 is 0 Å². The van der Waals surface area contributed by atoms with Gasteiger partial charge in [0.2, 0.25) is 0 Å². The summed E-state index contributed by atoms with van der Waals surface area (Å²) < 4.78 is 16.1. The van der Waals surface area contributed by atoms with Crippen molar-refractivity contribution in [1.82, 2.24) is 0 Å². The fourth-order valence-electron chi connectivity index (χ4n) is 2.81. The number of methoxy groups -OCH3 is 2. The van der Waals surface area contributed by atoms with Crippen LogP contribution in [-0.2, 0) is 4.79 Å². The summed E-state index contributed by atoms with van der Waals surface area (Å²) in [5.41, 5.74) is 1.99. The number of carbonyl (C=O) groups is 2. The van der Waals surface area contributed by atoms with Crippen molar-refractivity contribution < 1.29 is 23.8 Å². The summed E-state index contributed by atoms with van der Waals surface area (Å²) in [6.07, 6.45) is 3.17. The Morgan fingerprint density at radius 3 is 2.42 bits per heavy atom. The molecule has 0 radical (unpaired) electrons. The highest BCUT2D eigenvalue weighted by atomic mass is 16.5. The third kappa shape index (κ3) is 6.21. The minimum atomic E-state index is -0.277. The van der Waals surface area contributed by atoms with E-state index in [2.05, 4.69) is 5.32 Å². The molecule has 0 spiro atoms. The number of anilines is 1. The van der Waals surface area contributed by atoms with Crippen LogP contribution in [0.25, 0.3) is 6.08 Å². The molecule has 1 N–H and O–H groups in total. The summed E-state index contributed by atoms with van der Waals surface area (Å²) in [6.45, 7) is -0.158. The molecular weight excluding hydrogens is 394 g/mol. The Bertz CT molecular complexity index is 1080. The first-order chi connectivity index (χ1) is 15.1. The zero-order chi connectivity index (χ0) is 22.1. The third-order valence-corrected chi connectivity index (χ3v) is 4.39. The molecule has 0 aliphatic carbocycles. The molecule has 3 rings (SSSR count). The predicted octanol–water partition coefficient (Wildman–Crippen LogP) is 4.62. The van der Waals surface area contributed by atoms with E-state index in [0.29, 0.717) is 28.5 Å². The monoisotopic (exact) mass is 417 g/mol. The summed E-state index contributed by atoms with van der Waals surface area (Å²) in [5, 5.41) is 2.76. The Hall–Kier alpha value is -4.06. The van der Waals surface area contributed by atoms with Crippen molar-refractivity contribution >= 4 is 23.5 Å². The molecule has 3 aromatic rings. The fraction of sp³-hybridized carbons (Fsp3) is 0.120. The lowest BCUT2D eigenvalue weighted by molar-refractivity contribution is -0.118. The van der Waals surface area contributed by atoms with Gasteiger partial charge in [-0.15, -0.1) is 0 Å². The van der Waals surface area contributed by atoms with Gasteiger partial charge in [0, 0.05) is 11.3 Å². The molecule has 0 unspecified atom stereocenters. The Kier molecular flexibility index (Phi) is 7.43. The van der Waals surface area contributed by atoms with Crippen molar-refractivity contribution in [2.75, 3.05) is 26.1 Å². The summed E-state index contributed by atoms with van der Waals surface area (Å²) in [6, 6.07) is 21.3. The Labute approximate surface area is 181 Å².